The molecule has 0 aromatic heterocycles. The van der Waals surface area contributed by atoms with Crippen LogP contribution in [-0.4, -0.2) is 47.3 Å². The smallest absolute Gasteiger partial charge is 0.241 e. The molecule has 0 saturated carbocycles. The molecule has 1 atom stereocenters. The molecule has 32 heavy (non-hydrogen) atoms. The molecule has 1 aliphatic rings. The van der Waals surface area contributed by atoms with Gasteiger partial charge in [0.25, 0.3) is 0 Å². The highest BCUT2D eigenvalue weighted by Crippen LogP contribution is 2.31. The Morgan fingerprint density at radius 1 is 1.12 bits per heavy atom. The molecule has 1 unspecified atom stereocenters. The monoisotopic (exact) mass is 459 g/mol. The number of aryl methyl sites for hydroxylation is 1. The summed E-state index contributed by atoms with van der Waals surface area (Å²) in [5.41, 5.74) is 3.39. The second-order valence-corrected chi connectivity index (χ2v) is 10.3. The van der Waals surface area contributed by atoms with E-state index in [1.165, 1.54) is 32.1 Å². The lowest BCUT2D eigenvalue weighted by Gasteiger charge is -2.29. The van der Waals surface area contributed by atoms with Crippen molar-refractivity contribution in [2.75, 3.05) is 42.2 Å². The van der Waals surface area contributed by atoms with Crippen LogP contribution in [0.1, 0.15) is 43.4 Å². The van der Waals surface area contributed by atoms with E-state index < -0.39 is 10.0 Å². The number of nitrogens with one attached hydrogen (secondary N) is 1. The van der Waals surface area contributed by atoms with Crippen LogP contribution in [0.3, 0.4) is 0 Å². The first-order valence-corrected chi connectivity index (χ1v) is 12.8. The minimum absolute atomic E-state index is 0.251. The lowest BCUT2D eigenvalue weighted by molar-refractivity contribution is -0.120. The van der Waals surface area contributed by atoms with Gasteiger partial charge in [-0.3, -0.25) is 9.10 Å². The molecule has 1 fully saturated rings. The minimum atomic E-state index is -3.69. The van der Waals surface area contributed by atoms with Crippen molar-refractivity contribution in [1.82, 2.24) is 5.32 Å². The van der Waals surface area contributed by atoms with Crippen molar-refractivity contribution in [3.63, 3.8) is 0 Å². The molecule has 1 amide bonds. The third-order valence-corrected chi connectivity index (χ3v) is 6.91. The molecule has 3 rings (SSSR count). The number of anilines is 2. The molecular weight excluding hydrogens is 426 g/mol. The fourth-order valence-corrected chi connectivity index (χ4v) is 4.85. The molecule has 7 nitrogen and oxygen atoms in total. The number of ether oxygens (including phenoxy) is 1. The highest BCUT2D eigenvalue weighted by Gasteiger charge is 2.25. The number of methoxy groups -OCH3 is 1. The zero-order valence-electron chi connectivity index (χ0n) is 19.3. The van der Waals surface area contributed by atoms with Gasteiger partial charge in [-0.25, -0.2) is 8.42 Å². The summed E-state index contributed by atoms with van der Waals surface area (Å²) in [4.78, 5) is 15.2. The van der Waals surface area contributed by atoms with Gasteiger partial charge in [0.15, 0.2) is 0 Å². The summed E-state index contributed by atoms with van der Waals surface area (Å²) in [6.07, 6.45) is 4.81. The van der Waals surface area contributed by atoms with Crippen LogP contribution < -0.4 is 19.3 Å². The normalized spacial score (nSPS) is 15.2. The zero-order chi connectivity index (χ0) is 23.3. The summed E-state index contributed by atoms with van der Waals surface area (Å²) >= 11 is 0. The molecular formula is C24H33N3O4S. The average Bonchev–Trinajstić information content (AvgIpc) is 2.77. The molecule has 0 aliphatic carbocycles. The molecule has 1 aliphatic heterocycles. The van der Waals surface area contributed by atoms with Crippen LogP contribution >= 0.6 is 0 Å². The third kappa shape index (κ3) is 5.94. The van der Waals surface area contributed by atoms with Crippen molar-refractivity contribution in [3.05, 3.63) is 53.6 Å². The summed E-state index contributed by atoms with van der Waals surface area (Å²) in [7, 11) is -2.22. The summed E-state index contributed by atoms with van der Waals surface area (Å²) in [6.45, 7) is 5.59. The number of sulfonamides is 1. The van der Waals surface area contributed by atoms with Crippen molar-refractivity contribution in [3.8, 4) is 5.75 Å². The number of nitrogens with zero attached hydrogens (tertiary/aromatic N) is 2. The van der Waals surface area contributed by atoms with Crippen LogP contribution in [0, 0.1) is 6.92 Å². The Morgan fingerprint density at radius 3 is 2.38 bits per heavy atom. The quantitative estimate of drug-likeness (QED) is 0.652. The number of carbonyl (C=O) groups is 1. The highest BCUT2D eigenvalue weighted by molar-refractivity contribution is 7.92. The average molecular weight is 460 g/mol. The van der Waals surface area contributed by atoms with Crippen LogP contribution in [0.2, 0.25) is 0 Å². The number of hydrogen-bond donors (Lipinski definition) is 1. The predicted octanol–water partition coefficient (Wildman–Crippen LogP) is 3.64. The Hall–Kier alpha value is -2.74. The SMILES string of the molecule is COc1ccc(C)cc1N(CC(=O)NC(C)c1ccc(N2CCCCC2)cc1)S(C)(=O)=O. The fraction of sp³-hybridized carbons (Fsp3) is 0.458. The number of rotatable bonds is 8. The van der Waals surface area contributed by atoms with Gasteiger partial charge in [0.1, 0.15) is 12.3 Å². The lowest BCUT2D eigenvalue weighted by Crippen LogP contribution is -2.41. The van der Waals surface area contributed by atoms with E-state index in [0.29, 0.717) is 11.4 Å². The van der Waals surface area contributed by atoms with Crippen LogP contribution in [0.15, 0.2) is 42.5 Å². The van der Waals surface area contributed by atoms with Crippen LogP contribution in [0.4, 0.5) is 11.4 Å². The maximum Gasteiger partial charge on any atom is 0.241 e. The van der Waals surface area contributed by atoms with E-state index in [1.807, 2.05) is 32.0 Å². The van der Waals surface area contributed by atoms with E-state index in [9.17, 15) is 13.2 Å². The Kier molecular flexibility index (Phi) is 7.66. The topological polar surface area (TPSA) is 79.0 Å². The number of hydrogen-bond acceptors (Lipinski definition) is 5. The van der Waals surface area contributed by atoms with Gasteiger partial charge in [-0.05, 0) is 68.5 Å². The summed E-state index contributed by atoms with van der Waals surface area (Å²) in [5, 5.41) is 2.92. The Balaban J connectivity index is 1.70. The van der Waals surface area contributed by atoms with Gasteiger partial charge in [0.2, 0.25) is 15.9 Å². The van der Waals surface area contributed by atoms with E-state index in [4.69, 9.17) is 4.74 Å². The standard InChI is InChI=1S/C24H33N3O4S/c1-18-8-13-23(31-3)22(16-18)27(32(4,29)30)17-24(28)25-19(2)20-9-11-21(12-10-20)26-14-6-5-7-15-26/h8-13,16,19H,5-7,14-15,17H2,1-4H3,(H,25,28). The molecule has 0 bridgehead atoms. The highest BCUT2D eigenvalue weighted by atomic mass is 32.2. The molecule has 1 saturated heterocycles. The number of benzene rings is 2. The van der Waals surface area contributed by atoms with Gasteiger partial charge in [-0.1, -0.05) is 18.2 Å². The van der Waals surface area contributed by atoms with Crippen LogP contribution in [0.25, 0.3) is 0 Å². The molecule has 0 spiro atoms. The van der Waals surface area contributed by atoms with Gasteiger partial charge in [0.05, 0.1) is 25.1 Å². The van der Waals surface area contributed by atoms with E-state index in [-0.39, 0.29) is 18.5 Å². The Bertz CT molecular complexity index is 1030. The molecule has 1 N–H and O–H groups in total. The predicted molar refractivity (Wildman–Crippen MR) is 129 cm³/mol. The number of piperidine rings is 1. The third-order valence-electron chi connectivity index (χ3n) is 5.78. The first-order chi connectivity index (χ1) is 15.2. The van der Waals surface area contributed by atoms with Gasteiger partial charge in [-0.2, -0.15) is 0 Å². The van der Waals surface area contributed by atoms with E-state index >= 15 is 0 Å². The van der Waals surface area contributed by atoms with Crippen molar-refractivity contribution in [2.24, 2.45) is 0 Å². The zero-order valence-corrected chi connectivity index (χ0v) is 20.1. The maximum atomic E-state index is 12.8. The molecule has 0 radical (unpaired) electrons. The Morgan fingerprint density at radius 2 is 1.78 bits per heavy atom. The first-order valence-electron chi connectivity index (χ1n) is 11.0. The van der Waals surface area contributed by atoms with Gasteiger partial charge >= 0.3 is 0 Å². The summed E-state index contributed by atoms with van der Waals surface area (Å²) < 4.78 is 31.4. The van der Waals surface area contributed by atoms with Gasteiger partial charge < -0.3 is 15.0 Å². The van der Waals surface area contributed by atoms with Crippen LogP contribution in [0.5, 0.6) is 5.75 Å². The molecule has 8 heteroatoms. The van der Waals surface area contributed by atoms with Gasteiger partial charge in [-0.15, -0.1) is 0 Å². The van der Waals surface area contributed by atoms with Crippen molar-refractivity contribution < 1.29 is 17.9 Å². The molecule has 2 aromatic rings. The largest absolute Gasteiger partial charge is 0.495 e. The number of carbonyl (C=O) groups excluding carboxylic acids is 1. The van der Waals surface area contributed by atoms with Crippen molar-refractivity contribution >= 4 is 27.3 Å². The Labute approximate surface area is 191 Å². The maximum absolute atomic E-state index is 12.8. The summed E-state index contributed by atoms with van der Waals surface area (Å²) in [6, 6.07) is 13.2. The lowest BCUT2D eigenvalue weighted by atomic mass is 10.1. The van der Waals surface area contributed by atoms with Crippen molar-refractivity contribution in [1.29, 1.82) is 0 Å². The number of amides is 1. The minimum Gasteiger partial charge on any atom is -0.495 e. The first kappa shape index (κ1) is 23.9. The van der Waals surface area contributed by atoms with E-state index in [0.717, 1.165) is 34.8 Å². The fourth-order valence-electron chi connectivity index (χ4n) is 4.00. The van der Waals surface area contributed by atoms with E-state index in [1.54, 1.807) is 12.1 Å². The van der Waals surface area contributed by atoms with Crippen molar-refractivity contribution in [2.45, 2.75) is 39.2 Å². The molecule has 174 valence electrons. The van der Waals surface area contributed by atoms with E-state index in [2.05, 4.69) is 22.3 Å². The molecule has 2 aromatic carbocycles. The van der Waals surface area contributed by atoms with Gasteiger partial charge in [0, 0.05) is 18.8 Å². The van der Waals surface area contributed by atoms with Crippen LogP contribution in [-0.2, 0) is 14.8 Å². The second kappa shape index (κ2) is 10.3. The summed E-state index contributed by atoms with van der Waals surface area (Å²) in [5.74, 6) is 0.0155. The molecule has 1 heterocycles. The second-order valence-electron chi connectivity index (χ2n) is 8.37.